The van der Waals surface area contributed by atoms with Gasteiger partial charge in [-0.3, -0.25) is 0 Å². The fourth-order valence-corrected chi connectivity index (χ4v) is 2.67. The van der Waals surface area contributed by atoms with Gasteiger partial charge in [-0.15, -0.1) is 0 Å². The van der Waals surface area contributed by atoms with Crippen molar-refractivity contribution >= 4 is 10.0 Å². The molecule has 0 bridgehead atoms. The third kappa shape index (κ3) is 5.37. The first-order valence-electron chi connectivity index (χ1n) is 6.14. The molecule has 0 aliphatic rings. The molecule has 0 fully saturated rings. The standard InChI is InChI=1S/C13H17FN2O2S/c1-2-3-4-7-19(17,18)16-10-12-6-5-11(9-15)8-13(12)14/h5-6,8,16H,2-4,7,10H2,1H3. The summed E-state index contributed by atoms with van der Waals surface area (Å²) in [5.74, 6) is -0.519. The quantitative estimate of drug-likeness (QED) is 0.781. The summed E-state index contributed by atoms with van der Waals surface area (Å²) < 4.78 is 39.1. The van der Waals surface area contributed by atoms with Gasteiger partial charge in [0.05, 0.1) is 17.4 Å². The molecule has 0 heterocycles. The molecule has 1 rings (SSSR count). The molecule has 4 nitrogen and oxygen atoms in total. The molecule has 0 radical (unpaired) electrons. The molecule has 6 heteroatoms. The van der Waals surface area contributed by atoms with Crippen LogP contribution in [0, 0.1) is 17.1 Å². The highest BCUT2D eigenvalue weighted by Gasteiger charge is 2.11. The number of benzene rings is 1. The zero-order valence-electron chi connectivity index (χ0n) is 10.8. The van der Waals surface area contributed by atoms with Crippen molar-refractivity contribution < 1.29 is 12.8 Å². The Morgan fingerprint density at radius 3 is 2.68 bits per heavy atom. The minimum Gasteiger partial charge on any atom is -0.212 e. The van der Waals surface area contributed by atoms with E-state index in [2.05, 4.69) is 4.72 Å². The Kier molecular flexibility index (Phi) is 5.93. The summed E-state index contributed by atoms with van der Waals surface area (Å²) in [4.78, 5) is 0. The van der Waals surface area contributed by atoms with Gasteiger partial charge in [-0.2, -0.15) is 5.26 Å². The van der Waals surface area contributed by atoms with Crippen LogP contribution in [0.2, 0.25) is 0 Å². The SMILES string of the molecule is CCCCCS(=O)(=O)NCc1ccc(C#N)cc1F. The highest BCUT2D eigenvalue weighted by molar-refractivity contribution is 7.89. The zero-order valence-corrected chi connectivity index (χ0v) is 11.6. The summed E-state index contributed by atoms with van der Waals surface area (Å²) in [7, 11) is -3.37. The molecule has 1 aromatic rings. The van der Waals surface area contributed by atoms with Crippen LogP contribution in [0.4, 0.5) is 4.39 Å². The summed E-state index contributed by atoms with van der Waals surface area (Å²) in [6.07, 6.45) is 2.40. The third-order valence-electron chi connectivity index (χ3n) is 2.68. The molecule has 1 N–H and O–H groups in total. The molecule has 0 saturated heterocycles. The first-order valence-corrected chi connectivity index (χ1v) is 7.79. The van der Waals surface area contributed by atoms with Crippen LogP contribution in [0.25, 0.3) is 0 Å². The topological polar surface area (TPSA) is 70.0 Å². The monoisotopic (exact) mass is 284 g/mol. The molecule has 19 heavy (non-hydrogen) atoms. The van der Waals surface area contributed by atoms with Gasteiger partial charge in [0.25, 0.3) is 0 Å². The summed E-state index contributed by atoms with van der Waals surface area (Å²) in [5.41, 5.74) is 0.449. The molecule has 104 valence electrons. The smallest absolute Gasteiger partial charge is 0.211 e. The minimum atomic E-state index is -3.37. The van der Waals surface area contributed by atoms with E-state index < -0.39 is 15.8 Å². The van der Waals surface area contributed by atoms with Crippen molar-refractivity contribution in [3.05, 3.63) is 35.1 Å². The lowest BCUT2D eigenvalue weighted by Gasteiger charge is -2.07. The second-order valence-corrected chi connectivity index (χ2v) is 6.19. The molecule has 1 aromatic carbocycles. The Bertz CT molecular complexity index is 564. The predicted octanol–water partition coefficient (Wildman–Crippen LogP) is 2.31. The van der Waals surface area contributed by atoms with E-state index in [9.17, 15) is 12.8 Å². The lowest BCUT2D eigenvalue weighted by atomic mass is 10.1. The Morgan fingerprint density at radius 1 is 1.37 bits per heavy atom. The van der Waals surface area contributed by atoms with Crippen LogP contribution in [0.3, 0.4) is 0 Å². The molecule has 0 amide bonds. The van der Waals surface area contributed by atoms with Gasteiger partial charge in [-0.25, -0.2) is 17.5 Å². The highest BCUT2D eigenvalue weighted by Crippen LogP contribution is 2.10. The first kappa shape index (κ1) is 15.6. The number of rotatable bonds is 7. The molecular weight excluding hydrogens is 267 g/mol. The van der Waals surface area contributed by atoms with Gasteiger partial charge in [0, 0.05) is 12.1 Å². The molecular formula is C13H17FN2O2S. The maximum Gasteiger partial charge on any atom is 0.211 e. The van der Waals surface area contributed by atoms with Gasteiger partial charge >= 0.3 is 0 Å². The van der Waals surface area contributed by atoms with Gasteiger partial charge in [-0.05, 0) is 18.6 Å². The van der Waals surface area contributed by atoms with Gasteiger partial charge in [-0.1, -0.05) is 25.8 Å². The van der Waals surface area contributed by atoms with Crippen molar-refractivity contribution in [3.8, 4) is 6.07 Å². The Morgan fingerprint density at radius 2 is 2.11 bits per heavy atom. The van der Waals surface area contributed by atoms with Crippen LogP contribution in [0.15, 0.2) is 18.2 Å². The Labute approximate surface area is 113 Å². The van der Waals surface area contributed by atoms with Gasteiger partial charge in [0.15, 0.2) is 0 Å². The van der Waals surface area contributed by atoms with Crippen molar-refractivity contribution in [2.75, 3.05) is 5.75 Å². The third-order valence-corrected chi connectivity index (χ3v) is 4.09. The first-order chi connectivity index (χ1) is 8.98. The molecule has 0 aliphatic carbocycles. The van der Waals surface area contributed by atoms with Crippen molar-refractivity contribution in [2.45, 2.75) is 32.7 Å². The van der Waals surface area contributed by atoms with Crippen molar-refractivity contribution in [1.82, 2.24) is 4.72 Å². The molecule has 0 spiro atoms. The number of sulfonamides is 1. The Hall–Kier alpha value is -1.45. The average Bonchev–Trinajstić information content (AvgIpc) is 2.37. The van der Waals surface area contributed by atoms with Crippen LogP contribution in [0.1, 0.15) is 37.3 Å². The van der Waals surface area contributed by atoms with Gasteiger partial charge in [0.1, 0.15) is 5.82 Å². The van der Waals surface area contributed by atoms with E-state index in [-0.39, 0.29) is 23.4 Å². The maximum atomic E-state index is 13.5. The number of halogens is 1. The van der Waals surface area contributed by atoms with E-state index >= 15 is 0 Å². The maximum absolute atomic E-state index is 13.5. The van der Waals surface area contributed by atoms with Crippen molar-refractivity contribution in [2.24, 2.45) is 0 Å². The van der Waals surface area contributed by atoms with Gasteiger partial charge < -0.3 is 0 Å². The fraction of sp³-hybridized carbons (Fsp3) is 0.462. The number of nitrogens with zero attached hydrogens (tertiary/aromatic N) is 1. The Balaban J connectivity index is 2.59. The van der Waals surface area contributed by atoms with Crippen molar-refractivity contribution in [1.29, 1.82) is 5.26 Å². The fourth-order valence-electron chi connectivity index (χ4n) is 1.56. The molecule has 0 aromatic heterocycles. The van der Waals surface area contributed by atoms with Crippen molar-refractivity contribution in [3.63, 3.8) is 0 Å². The van der Waals surface area contributed by atoms with Crippen LogP contribution in [0.5, 0.6) is 0 Å². The van der Waals surface area contributed by atoms with E-state index in [1.165, 1.54) is 12.1 Å². The van der Waals surface area contributed by atoms with E-state index in [0.29, 0.717) is 6.42 Å². The molecule has 0 atom stereocenters. The number of hydrogen-bond donors (Lipinski definition) is 1. The number of unbranched alkanes of at least 4 members (excludes halogenated alkanes) is 2. The van der Waals surface area contributed by atoms with Crippen LogP contribution in [-0.2, 0) is 16.6 Å². The van der Waals surface area contributed by atoms with Gasteiger partial charge in [0.2, 0.25) is 10.0 Å². The molecule has 0 unspecified atom stereocenters. The summed E-state index contributed by atoms with van der Waals surface area (Å²) in [5, 5.41) is 8.60. The second-order valence-electron chi connectivity index (χ2n) is 4.27. The van der Waals surface area contributed by atoms with E-state index in [4.69, 9.17) is 5.26 Å². The number of hydrogen-bond acceptors (Lipinski definition) is 3. The van der Waals surface area contributed by atoms with E-state index in [0.717, 1.165) is 18.9 Å². The lowest BCUT2D eigenvalue weighted by Crippen LogP contribution is -2.26. The zero-order chi connectivity index (χ0) is 14.3. The van der Waals surface area contributed by atoms with Crippen LogP contribution >= 0.6 is 0 Å². The second kappa shape index (κ2) is 7.22. The predicted molar refractivity (Wildman–Crippen MR) is 71.3 cm³/mol. The minimum absolute atomic E-state index is 0.0543. The largest absolute Gasteiger partial charge is 0.212 e. The summed E-state index contributed by atoms with van der Waals surface area (Å²) in [6.45, 7) is 1.90. The average molecular weight is 284 g/mol. The van der Waals surface area contributed by atoms with Crippen LogP contribution in [-0.4, -0.2) is 14.2 Å². The van der Waals surface area contributed by atoms with E-state index in [1.807, 2.05) is 13.0 Å². The summed E-state index contributed by atoms with van der Waals surface area (Å²) >= 11 is 0. The summed E-state index contributed by atoms with van der Waals surface area (Å²) in [6, 6.07) is 5.80. The number of nitrogens with one attached hydrogen (secondary N) is 1. The lowest BCUT2D eigenvalue weighted by molar-refractivity contribution is 0.570. The number of nitriles is 1. The highest BCUT2D eigenvalue weighted by atomic mass is 32.2. The molecule has 0 saturated carbocycles. The molecule has 0 aliphatic heterocycles. The van der Waals surface area contributed by atoms with E-state index in [1.54, 1.807) is 0 Å². The normalized spacial score (nSPS) is 11.2. The van der Waals surface area contributed by atoms with Crippen LogP contribution < -0.4 is 4.72 Å².